The Kier molecular flexibility index (Phi) is 6.20. The van der Waals surface area contributed by atoms with E-state index in [1.807, 2.05) is 12.1 Å². The van der Waals surface area contributed by atoms with E-state index in [9.17, 15) is 4.39 Å². The zero-order valence-corrected chi connectivity index (χ0v) is 11.2. The van der Waals surface area contributed by atoms with Gasteiger partial charge in [-0.3, -0.25) is 0 Å². The molecule has 96 valence electrons. The zero-order chi connectivity index (χ0) is 12.7. The minimum Gasteiger partial charge on any atom is -0.310 e. The van der Waals surface area contributed by atoms with Gasteiger partial charge in [0.05, 0.1) is 0 Å². The maximum Gasteiger partial charge on any atom is 0.127 e. The lowest BCUT2D eigenvalue weighted by Crippen LogP contribution is -2.24. The second kappa shape index (κ2) is 7.44. The minimum absolute atomic E-state index is 0.0931. The Hall–Kier alpha value is -0.890. The van der Waals surface area contributed by atoms with E-state index in [0.717, 1.165) is 31.4 Å². The second-order valence-electron chi connectivity index (χ2n) is 4.55. The lowest BCUT2D eigenvalue weighted by molar-refractivity contribution is 0.368. The molecule has 1 unspecified atom stereocenters. The smallest absolute Gasteiger partial charge is 0.127 e. The highest BCUT2D eigenvalue weighted by atomic mass is 19.1. The van der Waals surface area contributed by atoms with Gasteiger partial charge in [0, 0.05) is 11.6 Å². The molecule has 0 bridgehead atoms. The fourth-order valence-corrected chi connectivity index (χ4v) is 2.28. The molecule has 0 aromatic heterocycles. The largest absolute Gasteiger partial charge is 0.310 e. The second-order valence-corrected chi connectivity index (χ2v) is 4.55. The Morgan fingerprint density at radius 3 is 2.29 bits per heavy atom. The minimum atomic E-state index is -0.0931. The van der Waals surface area contributed by atoms with E-state index >= 15 is 0 Å². The first kappa shape index (κ1) is 14.2. The highest BCUT2D eigenvalue weighted by Gasteiger charge is 2.17. The molecule has 1 nitrogen and oxygen atoms in total. The molecule has 0 amide bonds. The zero-order valence-electron chi connectivity index (χ0n) is 11.2. The maximum absolute atomic E-state index is 13.8. The topological polar surface area (TPSA) is 12.0 Å². The van der Waals surface area contributed by atoms with Crippen LogP contribution in [0.15, 0.2) is 24.3 Å². The summed E-state index contributed by atoms with van der Waals surface area (Å²) >= 11 is 0. The summed E-state index contributed by atoms with van der Waals surface area (Å²) in [6, 6.07) is 7.25. The van der Waals surface area contributed by atoms with Crippen molar-refractivity contribution in [2.45, 2.75) is 46.1 Å². The van der Waals surface area contributed by atoms with Gasteiger partial charge in [0.2, 0.25) is 0 Å². The van der Waals surface area contributed by atoms with Crippen LogP contribution in [0.2, 0.25) is 0 Å². The van der Waals surface area contributed by atoms with Gasteiger partial charge in [0.25, 0.3) is 0 Å². The summed E-state index contributed by atoms with van der Waals surface area (Å²) in [6.45, 7) is 7.36. The fourth-order valence-electron chi connectivity index (χ4n) is 2.28. The van der Waals surface area contributed by atoms with Gasteiger partial charge in [-0.25, -0.2) is 4.39 Å². The summed E-state index contributed by atoms with van der Waals surface area (Å²) < 4.78 is 13.8. The maximum atomic E-state index is 13.8. The first-order valence-electron chi connectivity index (χ1n) is 6.70. The Bertz CT molecular complexity index is 320. The van der Waals surface area contributed by atoms with Crippen LogP contribution in [0, 0.1) is 11.7 Å². The first-order chi connectivity index (χ1) is 8.22. The third-order valence-electron chi connectivity index (χ3n) is 3.45. The molecule has 2 heteroatoms. The van der Waals surface area contributed by atoms with Crippen molar-refractivity contribution in [3.8, 4) is 0 Å². The average Bonchev–Trinajstić information content (AvgIpc) is 2.35. The number of hydrogen-bond acceptors (Lipinski definition) is 1. The molecule has 0 fully saturated rings. The molecule has 0 saturated heterocycles. The van der Waals surface area contributed by atoms with E-state index in [-0.39, 0.29) is 11.9 Å². The van der Waals surface area contributed by atoms with Crippen LogP contribution in [-0.2, 0) is 0 Å². The van der Waals surface area contributed by atoms with E-state index in [1.165, 1.54) is 0 Å². The van der Waals surface area contributed by atoms with Gasteiger partial charge in [0.15, 0.2) is 0 Å². The summed E-state index contributed by atoms with van der Waals surface area (Å²) in [5, 5.41) is 3.40. The number of rotatable bonds is 7. The number of nitrogens with one attached hydrogen (secondary N) is 1. The molecule has 1 aromatic rings. The van der Waals surface area contributed by atoms with Crippen molar-refractivity contribution in [3.63, 3.8) is 0 Å². The Morgan fingerprint density at radius 1 is 1.12 bits per heavy atom. The van der Waals surface area contributed by atoms with Crippen LogP contribution in [0.4, 0.5) is 4.39 Å². The molecule has 1 N–H and O–H groups in total. The molecule has 0 aliphatic carbocycles. The first-order valence-corrected chi connectivity index (χ1v) is 6.70. The van der Waals surface area contributed by atoms with E-state index in [1.54, 1.807) is 12.1 Å². The molecule has 0 aliphatic rings. The summed E-state index contributed by atoms with van der Waals surface area (Å²) in [4.78, 5) is 0. The van der Waals surface area contributed by atoms with Crippen LogP contribution >= 0.6 is 0 Å². The van der Waals surface area contributed by atoms with Gasteiger partial charge in [-0.2, -0.15) is 0 Å². The summed E-state index contributed by atoms with van der Waals surface area (Å²) in [6.07, 6.45) is 3.33. The van der Waals surface area contributed by atoms with Crippen molar-refractivity contribution >= 4 is 0 Å². The van der Waals surface area contributed by atoms with Gasteiger partial charge in [0.1, 0.15) is 5.82 Å². The third kappa shape index (κ3) is 4.12. The van der Waals surface area contributed by atoms with Gasteiger partial charge in [-0.15, -0.1) is 0 Å². The van der Waals surface area contributed by atoms with Crippen molar-refractivity contribution in [2.75, 3.05) is 6.54 Å². The lowest BCUT2D eigenvalue weighted by atomic mass is 9.91. The summed E-state index contributed by atoms with van der Waals surface area (Å²) in [5.41, 5.74) is 0.807. The Balaban J connectivity index is 2.81. The Morgan fingerprint density at radius 2 is 1.76 bits per heavy atom. The number of benzene rings is 1. The van der Waals surface area contributed by atoms with Crippen molar-refractivity contribution < 1.29 is 4.39 Å². The quantitative estimate of drug-likeness (QED) is 0.745. The lowest BCUT2D eigenvalue weighted by Gasteiger charge is -2.23. The number of hydrogen-bond donors (Lipinski definition) is 1. The molecule has 0 spiro atoms. The van der Waals surface area contributed by atoms with E-state index in [4.69, 9.17) is 0 Å². The fraction of sp³-hybridized carbons (Fsp3) is 0.600. The van der Waals surface area contributed by atoms with E-state index in [0.29, 0.717) is 5.92 Å². The SMILES string of the molecule is CCNC(CC(CC)CC)c1ccccc1F. The van der Waals surface area contributed by atoms with Crippen LogP contribution in [0.5, 0.6) is 0 Å². The van der Waals surface area contributed by atoms with Gasteiger partial charge in [-0.1, -0.05) is 51.8 Å². The van der Waals surface area contributed by atoms with E-state index in [2.05, 4.69) is 26.1 Å². The highest BCUT2D eigenvalue weighted by molar-refractivity contribution is 5.21. The molecule has 0 radical (unpaired) electrons. The summed E-state index contributed by atoms with van der Waals surface area (Å²) in [5.74, 6) is 0.572. The molecule has 0 aliphatic heterocycles. The van der Waals surface area contributed by atoms with Crippen LogP contribution in [0.25, 0.3) is 0 Å². The standard InChI is InChI=1S/C15H24FN/c1-4-12(5-2)11-15(17-6-3)13-9-7-8-10-14(13)16/h7-10,12,15,17H,4-6,11H2,1-3H3. The van der Waals surface area contributed by atoms with Crippen LogP contribution in [0.1, 0.15) is 51.6 Å². The monoisotopic (exact) mass is 237 g/mol. The summed E-state index contributed by atoms with van der Waals surface area (Å²) in [7, 11) is 0. The predicted molar refractivity (Wildman–Crippen MR) is 71.5 cm³/mol. The van der Waals surface area contributed by atoms with Crippen LogP contribution < -0.4 is 5.32 Å². The van der Waals surface area contributed by atoms with Crippen LogP contribution in [0.3, 0.4) is 0 Å². The molecular weight excluding hydrogens is 213 g/mol. The van der Waals surface area contributed by atoms with Gasteiger partial charge < -0.3 is 5.32 Å². The third-order valence-corrected chi connectivity index (χ3v) is 3.45. The Labute approximate surface area is 104 Å². The number of halogens is 1. The molecule has 1 atom stereocenters. The normalized spacial score (nSPS) is 13.0. The van der Waals surface area contributed by atoms with Crippen molar-refractivity contribution in [2.24, 2.45) is 5.92 Å². The molecule has 0 saturated carbocycles. The predicted octanol–water partition coefficient (Wildman–Crippen LogP) is 4.30. The molecule has 1 rings (SSSR count). The van der Waals surface area contributed by atoms with Crippen LogP contribution in [-0.4, -0.2) is 6.54 Å². The van der Waals surface area contributed by atoms with Crippen molar-refractivity contribution in [1.82, 2.24) is 5.32 Å². The highest BCUT2D eigenvalue weighted by Crippen LogP contribution is 2.26. The van der Waals surface area contributed by atoms with E-state index < -0.39 is 0 Å². The van der Waals surface area contributed by atoms with Gasteiger partial charge >= 0.3 is 0 Å². The van der Waals surface area contributed by atoms with Gasteiger partial charge in [-0.05, 0) is 24.9 Å². The molecule has 0 heterocycles. The molecular formula is C15H24FN. The average molecular weight is 237 g/mol. The molecule has 1 aromatic carbocycles. The van der Waals surface area contributed by atoms with Crippen molar-refractivity contribution in [1.29, 1.82) is 0 Å². The van der Waals surface area contributed by atoms with Crippen molar-refractivity contribution in [3.05, 3.63) is 35.6 Å². The molecule has 17 heavy (non-hydrogen) atoms.